The Bertz CT molecular complexity index is 1170. The maximum Gasteiger partial charge on any atom is 0.236 e. The predicted molar refractivity (Wildman–Crippen MR) is 109 cm³/mol. The van der Waals surface area contributed by atoms with Crippen LogP contribution in [0.5, 0.6) is 0 Å². The van der Waals surface area contributed by atoms with Crippen LogP contribution in [0.1, 0.15) is 24.8 Å². The third-order valence-corrected chi connectivity index (χ3v) is 5.39. The van der Waals surface area contributed by atoms with E-state index in [0.29, 0.717) is 35.8 Å². The molecule has 0 N–H and O–H groups in total. The smallest absolute Gasteiger partial charge is 0.236 e. The van der Waals surface area contributed by atoms with Gasteiger partial charge in [-0.2, -0.15) is 10.5 Å². The van der Waals surface area contributed by atoms with Crippen LogP contribution in [0.3, 0.4) is 0 Å². The van der Waals surface area contributed by atoms with Crippen molar-refractivity contribution in [2.45, 2.75) is 25.3 Å². The van der Waals surface area contributed by atoms with Crippen LogP contribution in [0.25, 0.3) is 17.2 Å². The minimum Gasteiger partial charge on any atom is -0.355 e. The summed E-state index contributed by atoms with van der Waals surface area (Å²) in [5, 5.41) is 18.0. The van der Waals surface area contributed by atoms with E-state index in [-0.39, 0.29) is 18.4 Å². The molecule has 30 heavy (non-hydrogen) atoms. The number of amides is 1. The molecular formula is C21H20N8O. The van der Waals surface area contributed by atoms with Gasteiger partial charge in [0.1, 0.15) is 29.6 Å². The SMILES string of the molecule is CN(c1ccnc(-c2cnc3ccc(C#N)cn23)n1)C1CCCN(C(=O)CC#N)C1. The average Bonchev–Trinajstić information content (AvgIpc) is 3.22. The van der Waals surface area contributed by atoms with Crippen molar-refractivity contribution in [3.63, 3.8) is 0 Å². The monoisotopic (exact) mass is 400 g/mol. The Morgan fingerprint density at radius 2 is 2.17 bits per heavy atom. The molecule has 1 atom stereocenters. The van der Waals surface area contributed by atoms with Crippen LogP contribution in [-0.2, 0) is 4.79 Å². The van der Waals surface area contributed by atoms with Crippen LogP contribution in [0, 0.1) is 22.7 Å². The van der Waals surface area contributed by atoms with Crippen molar-refractivity contribution in [1.82, 2.24) is 24.3 Å². The normalized spacial score (nSPS) is 16.1. The number of likely N-dealkylation sites (tertiary alicyclic amines) is 1. The summed E-state index contributed by atoms with van der Waals surface area (Å²) in [7, 11) is 1.96. The van der Waals surface area contributed by atoms with E-state index >= 15 is 0 Å². The van der Waals surface area contributed by atoms with Gasteiger partial charge in [0, 0.05) is 38.6 Å². The number of rotatable bonds is 4. The van der Waals surface area contributed by atoms with Crippen molar-refractivity contribution < 1.29 is 4.79 Å². The molecule has 0 aliphatic carbocycles. The molecule has 4 heterocycles. The number of piperidine rings is 1. The molecule has 1 aliphatic rings. The van der Waals surface area contributed by atoms with E-state index in [1.165, 1.54) is 0 Å². The van der Waals surface area contributed by atoms with Gasteiger partial charge in [0.2, 0.25) is 5.91 Å². The van der Waals surface area contributed by atoms with Crippen LogP contribution in [-0.4, -0.2) is 56.3 Å². The molecule has 0 spiro atoms. The standard InChI is InChI=1S/C21H20N8O/c1-27(16-3-2-10-28(14-16)20(30)6-8-22)19-7-9-24-21(26-19)17-12-25-18-5-4-15(11-23)13-29(17)18/h4-5,7,9,12-13,16H,2-3,6,10,14H2,1H3. The molecule has 0 radical (unpaired) electrons. The quantitative estimate of drug-likeness (QED) is 0.658. The summed E-state index contributed by atoms with van der Waals surface area (Å²) in [5.74, 6) is 1.12. The molecule has 1 saturated heterocycles. The fourth-order valence-electron chi connectivity index (χ4n) is 3.75. The molecule has 4 rings (SSSR count). The summed E-state index contributed by atoms with van der Waals surface area (Å²) in [6.07, 6.45) is 6.84. The highest BCUT2D eigenvalue weighted by Gasteiger charge is 2.27. The fourth-order valence-corrected chi connectivity index (χ4v) is 3.75. The Morgan fingerprint density at radius 3 is 2.97 bits per heavy atom. The molecule has 3 aromatic heterocycles. The number of anilines is 1. The number of hydrogen-bond donors (Lipinski definition) is 0. The van der Waals surface area contributed by atoms with E-state index in [0.717, 1.165) is 18.7 Å². The zero-order chi connectivity index (χ0) is 21.1. The number of fused-ring (bicyclic) bond motifs is 1. The highest BCUT2D eigenvalue weighted by atomic mass is 16.2. The van der Waals surface area contributed by atoms with E-state index in [4.69, 9.17) is 10.2 Å². The first kappa shape index (κ1) is 19.3. The van der Waals surface area contributed by atoms with Gasteiger partial charge < -0.3 is 9.80 Å². The zero-order valence-electron chi connectivity index (χ0n) is 16.6. The predicted octanol–water partition coefficient (Wildman–Crippen LogP) is 2.00. The van der Waals surface area contributed by atoms with Gasteiger partial charge in [-0.3, -0.25) is 9.20 Å². The third-order valence-electron chi connectivity index (χ3n) is 5.39. The second-order valence-electron chi connectivity index (χ2n) is 7.22. The highest BCUT2D eigenvalue weighted by Crippen LogP contribution is 2.23. The lowest BCUT2D eigenvalue weighted by Gasteiger charge is -2.38. The first-order chi connectivity index (χ1) is 14.6. The van der Waals surface area contributed by atoms with Crippen LogP contribution in [0.2, 0.25) is 0 Å². The summed E-state index contributed by atoms with van der Waals surface area (Å²) in [5.41, 5.74) is 1.94. The van der Waals surface area contributed by atoms with Gasteiger partial charge in [0.15, 0.2) is 5.82 Å². The fraction of sp³-hybridized carbons (Fsp3) is 0.333. The maximum atomic E-state index is 12.1. The van der Waals surface area contributed by atoms with Gasteiger partial charge in [-0.1, -0.05) is 0 Å². The number of hydrogen-bond acceptors (Lipinski definition) is 7. The number of carbonyl (C=O) groups excluding carboxylic acids is 1. The summed E-state index contributed by atoms with van der Waals surface area (Å²) in [6, 6.07) is 9.52. The van der Waals surface area contributed by atoms with E-state index in [1.54, 1.807) is 40.0 Å². The molecular weight excluding hydrogens is 380 g/mol. The number of imidazole rings is 1. The Labute approximate surface area is 173 Å². The minimum atomic E-state index is -0.127. The molecule has 150 valence electrons. The van der Waals surface area contributed by atoms with Crippen molar-refractivity contribution in [3.8, 4) is 23.7 Å². The lowest BCUT2D eigenvalue weighted by molar-refractivity contribution is -0.131. The summed E-state index contributed by atoms with van der Waals surface area (Å²) >= 11 is 0. The first-order valence-corrected chi connectivity index (χ1v) is 9.69. The summed E-state index contributed by atoms with van der Waals surface area (Å²) in [6.45, 7) is 1.25. The number of carbonyl (C=O) groups is 1. The van der Waals surface area contributed by atoms with Crippen LogP contribution in [0.4, 0.5) is 5.82 Å². The van der Waals surface area contributed by atoms with Gasteiger partial charge in [0.25, 0.3) is 0 Å². The first-order valence-electron chi connectivity index (χ1n) is 9.69. The maximum absolute atomic E-state index is 12.1. The topological polar surface area (TPSA) is 114 Å². The van der Waals surface area contributed by atoms with E-state index in [1.807, 2.05) is 19.2 Å². The molecule has 9 nitrogen and oxygen atoms in total. The number of nitrogens with zero attached hydrogens (tertiary/aromatic N) is 8. The van der Waals surface area contributed by atoms with Crippen LogP contribution < -0.4 is 4.90 Å². The van der Waals surface area contributed by atoms with Crippen molar-refractivity contribution in [3.05, 3.63) is 42.4 Å². The summed E-state index contributed by atoms with van der Waals surface area (Å²) in [4.78, 5) is 29.4. The largest absolute Gasteiger partial charge is 0.355 e. The van der Waals surface area contributed by atoms with E-state index in [2.05, 4.69) is 20.9 Å². The third kappa shape index (κ3) is 3.65. The number of pyridine rings is 1. The molecule has 0 aromatic carbocycles. The minimum absolute atomic E-state index is 0.0902. The average molecular weight is 400 g/mol. The number of likely N-dealkylation sites (N-methyl/N-ethyl adjacent to an activating group) is 1. The lowest BCUT2D eigenvalue weighted by Crippen LogP contribution is -2.48. The zero-order valence-corrected chi connectivity index (χ0v) is 16.6. The Morgan fingerprint density at radius 1 is 1.30 bits per heavy atom. The Balaban J connectivity index is 1.60. The highest BCUT2D eigenvalue weighted by molar-refractivity contribution is 5.78. The van der Waals surface area contributed by atoms with Crippen molar-refractivity contribution in [1.29, 1.82) is 10.5 Å². The summed E-state index contributed by atoms with van der Waals surface area (Å²) < 4.78 is 1.81. The van der Waals surface area contributed by atoms with Crippen molar-refractivity contribution in [2.24, 2.45) is 0 Å². The van der Waals surface area contributed by atoms with Crippen LogP contribution >= 0.6 is 0 Å². The molecule has 1 amide bonds. The molecule has 9 heteroatoms. The van der Waals surface area contributed by atoms with Gasteiger partial charge in [-0.05, 0) is 31.0 Å². The molecule has 0 bridgehead atoms. The van der Waals surface area contributed by atoms with Crippen LogP contribution in [0.15, 0.2) is 36.8 Å². The second kappa shape index (κ2) is 8.18. The van der Waals surface area contributed by atoms with E-state index in [9.17, 15) is 10.1 Å². The van der Waals surface area contributed by atoms with Gasteiger partial charge in [-0.25, -0.2) is 15.0 Å². The molecule has 1 aliphatic heterocycles. The number of aromatic nitrogens is 4. The number of nitriles is 2. The Kier molecular flexibility index (Phi) is 5.27. The Hall–Kier alpha value is -3.98. The van der Waals surface area contributed by atoms with Gasteiger partial charge in [0.05, 0.1) is 17.8 Å². The molecule has 1 fully saturated rings. The molecule has 1 unspecified atom stereocenters. The van der Waals surface area contributed by atoms with Gasteiger partial charge >= 0.3 is 0 Å². The van der Waals surface area contributed by atoms with Gasteiger partial charge in [-0.15, -0.1) is 0 Å². The van der Waals surface area contributed by atoms with Crippen molar-refractivity contribution in [2.75, 3.05) is 25.0 Å². The van der Waals surface area contributed by atoms with Crippen molar-refractivity contribution >= 4 is 17.4 Å². The molecule has 0 saturated carbocycles. The lowest BCUT2D eigenvalue weighted by atomic mass is 10.0. The molecule has 3 aromatic rings. The van der Waals surface area contributed by atoms with E-state index < -0.39 is 0 Å². The second-order valence-corrected chi connectivity index (χ2v) is 7.22.